The van der Waals surface area contributed by atoms with E-state index >= 15 is 0 Å². The number of aryl methyl sites for hydroxylation is 1. The summed E-state index contributed by atoms with van der Waals surface area (Å²) in [5, 5.41) is 4.32. The second kappa shape index (κ2) is 12.2. The number of hydrogen-bond donors (Lipinski definition) is 2. The molecule has 0 aromatic heterocycles. The fraction of sp³-hybridized carbons (Fsp3) is 0.452. The Kier molecular flexibility index (Phi) is 8.71. The highest BCUT2D eigenvalue weighted by Crippen LogP contribution is 2.46. The van der Waals surface area contributed by atoms with Crippen LogP contribution in [-0.4, -0.2) is 44.4 Å². The van der Waals surface area contributed by atoms with Crippen molar-refractivity contribution in [2.24, 2.45) is 11.8 Å². The van der Waals surface area contributed by atoms with Crippen molar-refractivity contribution in [3.8, 4) is 5.75 Å². The number of amides is 1. The molecule has 2 N–H and O–H groups in total. The number of ether oxygens (including phenoxy) is 1. The molecule has 7 heteroatoms. The summed E-state index contributed by atoms with van der Waals surface area (Å²) >= 11 is 7.75. The van der Waals surface area contributed by atoms with Crippen LogP contribution in [0.5, 0.6) is 5.75 Å². The van der Waals surface area contributed by atoms with Gasteiger partial charge in [-0.2, -0.15) is 0 Å². The van der Waals surface area contributed by atoms with Crippen molar-refractivity contribution in [1.82, 2.24) is 10.0 Å². The summed E-state index contributed by atoms with van der Waals surface area (Å²) in [6.45, 7) is 11.9. The summed E-state index contributed by atoms with van der Waals surface area (Å²) < 4.78 is 9.51. The zero-order chi connectivity index (χ0) is 26.5. The first-order valence-electron chi connectivity index (χ1n) is 13.7. The van der Waals surface area contributed by atoms with Crippen LogP contribution >= 0.6 is 23.5 Å². The number of halogens is 1. The van der Waals surface area contributed by atoms with E-state index in [4.69, 9.17) is 16.3 Å². The zero-order valence-corrected chi connectivity index (χ0v) is 23.6. The lowest BCUT2D eigenvalue weighted by Gasteiger charge is -2.44. The minimum Gasteiger partial charge on any atom is -0.490 e. The first-order chi connectivity index (χ1) is 18.5. The molecule has 0 bridgehead atoms. The van der Waals surface area contributed by atoms with E-state index in [1.165, 1.54) is 35.9 Å². The topological polar surface area (TPSA) is 53.6 Å². The predicted octanol–water partition coefficient (Wildman–Crippen LogP) is 6.18. The molecule has 3 atom stereocenters. The molecule has 202 valence electrons. The van der Waals surface area contributed by atoms with E-state index in [-0.39, 0.29) is 11.3 Å². The lowest BCUT2D eigenvalue weighted by Crippen LogP contribution is -2.49. The minimum atomic E-state index is -0.111. The van der Waals surface area contributed by atoms with E-state index in [0.717, 1.165) is 61.9 Å². The van der Waals surface area contributed by atoms with Gasteiger partial charge in [-0.05, 0) is 104 Å². The molecule has 2 aromatic rings. The molecule has 2 aliphatic carbocycles. The maximum absolute atomic E-state index is 12.9. The molecule has 5 nitrogen and oxygen atoms in total. The van der Waals surface area contributed by atoms with E-state index in [1.807, 2.05) is 30.3 Å². The van der Waals surface area contributed by atoms with Crippen LogP contribution in [0.25, 0.3) is 0 Å². The number of benzene rings is 2. The van der Waals surface area contributed by atoms with Crippen molar-refractivity contribution in [2.45, 2.75) is 37.5 Å². The molecular weight excluding hydrogens is 514 g/mol. The van der Waals surface area contributed by atoms with Crippen molar-refractivity contribution in [1.29, 1.82) is 0 Å². The fourth-order valence-corrected chi connectivity index (χ4v) is 6.93. The first-order valence-corrected chi connectivity index (χ1v) is 15.0. The molecule has 1 amide bonds. The maximum Gasteiger partial charge on any atom is 0.261 e. The van der Waals surface area contributed by atoms with E-state index in [9.17, 15) is 4.79 Å². The average Bonchev–Trinajstić information content (AvgIpc) is 3.06. The average molecular weight is 552 g/mol. The SMILES string of the molecule is C=CCNC[C@@H]1CC[C@H]1CN1C[C@@]2(CCCc3cc(Cl)ccc32)COc2ccc(C(=O)NSCC=C)cc21. The van der Waals surface area contributed by atoms with E-state index in [2.05, 4.69) is 40.2 Å². The highest BCUT2D eigenvalue weighted by Gasteiger charge is 2.43. The molecule has 1 fully saturated rings. The standard InChI is InChI=1S/C31H38ClN3O2S/c1-3-14-33-18-24-7-8-25(24)19-35-20-31(13-5-6-22-16-26(32)10-11-27(22)31)21-37-29-12-9-23(17-28(29)35)30(36)34-38-15-4-2/h3-4,9-12,16-17,24-25,33H,1-2,5-8,13-15,18-21H2,(H,34,36)/t24-,25-,31-/m0/s1. The van der Waals surface area contributed by atoms with Crippen molar-refractivity contribution >= 4 is 35.1 Å². The highest BCUT2D eigenvalue weighted by atomic mass is 35.5. The lowest BCUT2D eigenvalue weighted by molar-refractivity contribution is 0.0984. The van der Waals surface area contributed by atoms with Crippen LogP contribution in [0, 0.1) is 11.8 Å². The summed E-state index contributed by atoms with van der Waals surface area (Å²) in [6, 6.07) is 12.2. The Bertz CT molecular complexity index is 1190. The van der Waals surface area contributed by atoms with Crippen LogP contribution in [0.1, 0.15) is 47.2 Å². The van der Waals surface area contributed by atoms with Crippen LogP contribution in [0.2, 0.25) is 5.02 Å². The zero-order valence-electron chi connectivity index (χ0n) is 22.0. The van der Waals surface area contributed by atoms with Gasteiger partial charge < -0.3 is 15.0 Å². The second-order valence-electron chi connectivity index (χ2n) is 10.9. The Morgan fingerprint density at radius 3 is 2.84 bits per heavy atom. The summed E-state index contributed by atoms with van der Waals surface area (Å²) in [5.41, 5.74) is 4.27. The van der Waals surface area contributed by atoms with Gasteiger partial charge in [-0.25, -0.2) is 0 Å². The van der Waals surface area contributed by atoms with Gasteiger partial charge in [-0.3, -0.25) is 9.52 Å². The molecule has 2 aromatic carbocycles. The third kappa shape index (κ3) is 5.78. The smallest absolute Gasteiger partial charge is 0.261 e. The van der Waals surface area contributed by atoms with E-state index in [0.29, 0.717) is 29.8 Å². The Hall–Kier alpha value is -2.41. The van der Waals surface area contributed by atoms with Crippen LogP contribution in [0.15, 0.2) is 61.7 Å². The van der Waals surface area contributed by atoms with Gasteiger partial charge in [-0.1, -0.05) is 29.8 Å². The van der Waals surface area contributed by atoms with Gasteiger partial charge in [0.05, 0.1) is 12.3 Å². The number of hydrogen-bond acceptors (Lipinski definition) is 5. The molecule has 1 aliphatic heterocycles. The van der Waals surface area contributed by atoms with Crippen molar-refractivity contribution in [3.63, 3.8) is 0 Å². The van der Waals surface area contributed by atoms with E-state index < -0.39 is 0 Å². The molecule has 1 saturated carbocycles. The molecule has 0 saturated heterocycles. The van der Waals surface area contributed by atoms with Gasteiger partial charge in [0.25, 0.3) is 5.91 Å². The number of rotatable bonds is 10. The van der Waals surface area contributed by atoms with Crippen molar-refractivity contribution in [2.75, 3.05) is 43.4 Å². The van der Waals surface area contributed by atoms with Crippen molar-refractivity contribution in [3.05, 3.63) is 83.4 Å². The first kappa shape index (κ1) is 27.2. The number of carbonyl (C=O) groups is 1. The monoisotopic (exact) mass is 551 g/mol. The van der Waals surface area contributed by atoms with Gasteiger partial charge in [-0.15, -0.1) is 13.2 Å². The molecule has 1 heterocycles. The molecule has 38 heavy (non-hydrogen) atoms. The normalized spacial score (nSPS) is 23.9. The molecule has 0 radical (unpaired) electrons. The molecule has 5 rings (SSSR count). The third-order valence-corrected chi connectivity index (χ3v) is 9.36. The number of carbonyl (C=O) groups excluding carboxylic acids is 1. The van der Waals surface area contributed by atoms with Crippen LogP contribution in [0.3, 0.4) is 0 Å². The van der Waals surface area contributed by atoms with Gasteiger partial charge in [0.1, 0.15) is 5.75 Å². The van der Waals surface area contributed by atoms with Gasteiger partial charge >= 0.3 is 0 Å². The Morgan fingerprint density at radius 1 is 1.18 bits per heavy atom. The number of anilines is 1. The van der Waals surface area contributed by atoms with E-state index in [1.54, 1.807) is 6.08 Å². The minimum absolute atomic E-state index is 0.0913. The lowest BCUT2D eigenvalue weighted by atomic mass is 9.69. The molecule has 3 aliphatic rings. The Labute approximate surface area is 236 Å². The highest BCUT2D eigenvalue weighted by molar-refractivity contribution is 7.98. The largest absolute Gasteiger partial charge is 0.490 e. The van der Waals surface area contributed by atoms with Crippen molar-refractivity contribution < 1.29 is 9.53 Å². The summed E-state index contributed by atoms with van der Waals surface area (Å²) in [4.78, 5) is 15.4. The quantitative estimate of drug-likeness (QED) is 0.210. The summed E-state index contributed by atoms with van der Waals surface area (Å²) in [7, 11) is 0. The Morgan fingerprint density at radius 2 is 2.05 bits per heavy atom. The number of nitrogens with zero attached hydrogens (tertiary/aromatic N) is 1. The van der Waals surface area contributed by atoms with Gasteiger partial charge in [0.15, 0.2) is 0 Å². The van der Waals surface area contributed by atoms with Crippen LogP contribution < -0.4 is 19.7 Å². The second-order valence-corrected chi connectivity index (χ2v) is 12.1. The number of nitrogens with one attached hydrogen (secondary N) is 2. The molecular formula is C31H38ClN3O2S. The van der Waals surface area contributed by atoms with Gasteiger partial charge in [0, 0.05) is 41.4 Å². The third-order valence-electron chi connectivity index (χ3n) is 8.39. The molecule has 0 unspecified atom stereocenters. The Balaban J connectivity index is 1.46. The van der Waals surface area contributed by atoms with Gasteiger partial charge in [0.2, 0.25) is 0 Å². The fourth-order valence-electron chi connectivity index (χ4n) is 6.28. The van der Waals surface area contributed by atoms with Crippen LogP contribution in [-0.2, 0) is 11.8 Å². The summed E-state index contributed by atoms with van der Waals surface area (Å²) in [5.74, 6) is 2.69. The maximum atomic E-state index is 12.9. The molecule has 1 spiro atoms. The summed E-state index contributed by atoms with van der Waals surface area (Å²) in [6.07, 6.45) is 9.43. The van der Waals surface area contributed by atoms with Crippen LogP contribution in [0.4, 0.5) is 5.69 Å². The number of fused-ring (bicyclic) bond motifs is 3. The predicted molar refractivity (Wildman–Crippen MR) is 160 cm³/mol.